The quantitative estimate of drug-likeness (QED) is 0.303. The Morgan fingerprint density at radius 2 is 1.44 bits per heavy atom. The van der Waals surface area contributed by atoms with E-state index in [0.717, 1.165) is 29.0 Å². The zero-order chi connectivity index (χ0) is 23.5. The van der Waals surface area contributed by atoms with Gasteiger partial charge in [-0.25, -0.2) is 4.98 Å². The summed E-state index contributed by atoms with van der Waals surface area (Å²) in [6, 6.07) is 31.7. The Balaban J connectivity index is 1.70. The number of aryl methyl sites for hydroxylation is 2. The fourth-order valence-corrected chi connectivity index (χ4v) is 4.13. The van der Waals surface area contributed by atoms with Crippen LogP contribution in [0.2, 0.25) is 0 Å². The summed E-state index contributed by atoms with van der Waals surface area (Å²) >= 11 is 0. The van der Waals surface area contributed by atoms with Crippen LogP contribution in [0.15, 0.2) is 102 Å². The molecular weight excluding hydrogens is 420 g/mol. The number of aromatic nitrogens is 2. The van der Waals surface area contributed by atoms with Gasteiger partial charge in [0.2, 0.25) is 0 Å². The minimum absolute atomic E-state index is 0.0653. The van der Waals surface area contributed by atoms with Crippen molar-refractivity contribution >= 4 is 34.0 Å². The molecule has 5 heteroatoms. The third-order valence-corrected chi connectivity index (χ3v) is 5.86. The van der Waals surface area contributed by atoms with Crippen LogP contribution in [0, 0.1) is 6.92 Å². The van der Waals surface area contributed by atoms with Crippen LogP contribution < -0.4 is 16.1 Å². The van der Waals surface area contributed by atoms with E-state index in [4.69, 9.17) is 4.98 Å². The monoisotopic (exact) mass is 446 g/mol. The standard InChI is InChI=1S/C29H26N4O/c1-3-21-14-16-23(17-15-21)30-26-18-20(2)28-25(34)19-27(31-22-10-6-4-7-11-22)33(29(28)32-26)24-12-8-5-9-13-24/h4-19,31H,3H2,1-2H3,(H,30,32). The van der Waals surface area contributed by atoms with Gasteiger partial charge in [0.25, 0.3) is 0 Å². The Bertz CT molecular complexity index is 1490. The third kappa shape index (κ3) is 4.28. The molecule has 168 valence electrons. The Labute approximate surface area is 198 Å². The highest BCUT2D eigenvalue weighted by atomic mass is 16.1. The van der Waals surface area contributed by atoms with Crippen molar-refractivity contribution in [3.63, 3.8) is 0 Å². The fourth-order valence-electron chi connectivity index (χ4n) is 4.13. The Hall–Kier alpha value is -4.38. The highest BCUT2D eigenvalue weighted by Gasteiger charge is 2.16. The lowest BCUT2D eigenvalue weighted by atomic mass is 10.1. The van der Waals surface area contributed by atoms with Crippen molar-refractivity contribution in [3.05, 3.63) is 118 Å². The van der Waals surface area contributed by atoms with E-state index in [9.17, 15) is 4.79 Å². The fraction of sp³-hybridized carbons (Fsp3) is 0.103. The van der Waals surface area contributed by atoms with E-state index in [1.54, 1.807) is 6.07 Å². The molecule has 5 rings (SSSR count). The molecule has 2 aromatic heterocycles. The van der Waals surface area contributed by atoms with Crippen LogP contribution in [0.25, 0.3) is 16.7 Å². The first kappa shape index (κ1) is 21.5. The maximum Gasteiger partial charge on any atom is 0.193 e. The number of benzene rings is 3. The molecule has 0 saturated carbocycles. The summed E-state index contributed by atoms with van der Waals surface area (Å²) in [5.41, 5.74) is 5.46. The summed E-state index contributed by atoms with van der Waals surface area (Å²) in [4.78, 5) is 18.1. The molecule has 3 aromatic carbocycles. The molecule has 34 heavy (non-hydrogen) atoms. The van der Waals surface area contributed by atoms with E-state index in [2.05, 4.69) is 41.8 Å². The van der Waals surface area contributed by atoms with E-state index in [1.165, 1.54) is 5.56 Å². The van der Waals surface area contributed by atoms with Crippen molar-refractivity contribution in [2.24, 2.45) is 0 Å². The minimum Gasteiger partial charge on any atom is -0.341 e. The first-order valence-electron chi connectivity index (χ1n) is 11.4. The van der Waals surface area contributed by atoms with Gasteiger partial charge in [-0.3, -0.25) is 9.36 Å². The number of pyridine rings is 2. The lowest BCUT2D eigenvalue weighted by Crippen LogP contribution is -2.15. The predicted octanol–water partition coefficient (Wildman–Crippen LogP) is 6.74. The molecule has 0 radical (unpaired) electrons. The number of nitrogens with zero attached hydrogens (tertiary/aromatic N) is 2. The van der Waals surface area contributed by atoms with E-state index >= 15 is 0 Å². The summed E-state index contributed by atoms with van der Waals surface area (Å²) in [5, 5.41) is 7.42. The topological polar surface area (TPSA) is 59.0 Å². The van der Waals surface area contributed by atoms with Gasteiger partial charge in [-0.15, -0.1) is 0 Å². The summed E-state index contributed by atoms with van der Waals surface area (Å²) in [7, 11) is 0. The molecule has 2 N–H and O–H groups in total. The summed E-state index contributed by atoms with van der Waals surface area (Å²) in [6.07, 6.45) is 0.994. The lowest BCUT2D eigenvalue weighted by molar-refractivity contribution is 1.07. The molecule has 0 spiro atoms. The van der Waals surface area contributed by atoms with Crippen LogP contribution >= 0.6 is 0 Å². The Morgan fingerprint density at radius 3 is 2.12 bits per heavy atom. The zero-order valence-electron chi connectivity index (χ0n) is 19.2. The molecule has 0 bridgehead atoms. The molecule has 0 unspecified atom stereocenters. The van der Waals surface area contributed by atoms with Crippen LogP contribution in [0.3, 0.4) is 0 Å². The molecule has 0 amide bonds. The summed E-state index contributed by atoms with van der Waals surface area (Å²) in [6.45, 7) is 4.09. The zero-order valence-corrected chi connectivity index (χ0v) is 19.2. The van der Waals surface area contributed by atoms with Gasteiger partial charge in [0, 0.05) is 23.1 Å². The lowest BCUT2D eigenvalue weighted by Gasteiger charge is -2.19. The van der Waals surface area contributed by atoms with Gasteiger partial charge in [-0.1, -0.05) is 55.5 Å². The minimum atomic E-state index is -0.0653. The normalized spacial score (nSPS) is 10.9. The van der Waals surface area contributed by atoms with Gasteiger partial charge in [-0.2, -0.15) is 0 Å². The van der Waals surface area contributed by atoms with Crippen LogP contribution in [0.5, 0.6) is 0 Å². The van der Waals surface area contributed by atoms with Crippen LogP contribution in [0.4, 0.5) is 23.0 Å². The van der Waals surface area contributed by atoms with Crippen LogP contribution in [-0.4, -0.2) is 9.55 Å². The Kier molecular flexibility index (Phi) is 5.83. The molecule has 5 aromatic rings. The number of hydrogen-bond donors (Lipinski definition) is 2. The van der Waals surface area contributed by atoms with Gasteiger partial charge in [-0.05, 0) is 66.9 Å². The highest BCUT2D eigenvalue weighted by molar-refractivity contribution is 5.85. The summed E-state index contributed by atoms with van der Waals surface area (Å²) < 4.78 is 2.00. The smallest absolute Gasteiger partial charge is 0.193 e. The van der Waals surface area contributed by atoms with E-state index in [-0.39, 0.29) is 5.43 Å². The molecule has 2 heterocycles. The van der Waals surface area contributed by atoms with Crippen molar-refractivity contribution < 1.29 is 0 Å². The second-order valence-electron chi connectivity index (χ2n) is 8.25. The predicted molar refractivity (Wildman–Crippen MR) is 141 cm³/mol. The molecule has 5 nitrogen and oxygen atoms in total. The average molecular weight is 447 g/mol. The number of anilines is 4. The van der Waals surface area contributed by atoms with E-state index < -0.39 is 0 Å². The summed E-state index contributed by atoms with van der Waals surface area (Å²) in [5.74, 6) is 1.35. The van der Waals surface area contributed by atoms with Crippen molar-refractivity contribution in [1.82, 2.24) is 9.55 Å². The molecule has 0 aliphatic heterocycles. The second kappa shape index (κ2) is 9.24. The molecule has 0 fully saturated rings. The molecule has 0 aliphatic carbocycles. The maximum absolute atomic E-state index is 13.2. The van der Waals surface area contributed by atoms with Gasteiger partial charge in [0.05, 0.1) is 5.39 Å². The van der Waals surface area contributed by atoms with Crippen molar-refractivity contribution in [2.45, 2.75) is 20.3 Å². The van der Waals surface area contributed by atoms with Crippen LogP contribution in [0.1, 0.15) is 18.1 Å². The van der Waals surface area contributed by atoms with E-state index in [1.807, 2.05) is 78.2 Å². The van der Waals surface area contributed by atoms with Crippen molar-refractivity contribution in [2.75, 3.05) is 10.6 Å². The number of hydrogen-bond acceptors (Lipinski definition) is 4. The van der Waals surface area contributed by atoms with Gasteiger partial charge < -0.3 is 10.6 Å². The molecular formula is C29H26N4O. The molecule has 0 saturated heterocycles. The third-order valence-electron chi connectivity index (χ3n) is 5.86. The first-order chi connectivity index (χ1) is 16.6. The Morgan fingerprint density at radius 1 is 0.794 bits per heavy atom. The largest absolute Gasteiger partial charge is 0.341 e. The maximum atomic E-state index is 13.2. The highest BCUT2D eigenvalue weighted by Crippen LogP contribution is 2.28. The van der Waals surface area contributed by atoms with Gasteiger partial charge in [0.15, 0.2) is 11.1 Å². The van der Waals surface area contributed by atoms with Crippen molar-refractivity contribution in [1.29, 1.82) is 0 Å². The molecule has 0 atom stereocenters. The van der Waals surface area contributed by atoms with E-state index in [0.29, 0.717) is 22.7 Å². The second-order valence-corrected chi connectivity index (χ2v) is 8.25. The van der Waals surface area contributed by atoms with Gasteiger partial charge >= 0.3 is 0 Å². The average Bonchev–Trinajstić information content (AvgIpc) is 2.85. The first-order valence-corrected chi connectivity index (χ1v) is 11.4. The number of nitrogens with one attached hydrogen (secondary N) is 2. The van der Waals surface area contributed by atoms with Crippen molar-refractivity contribution in [3.8, 4) is 5.69 Å². The van der Waals surface area contributed by atoms with Crippen LogP contribution in [-0.2, 0) is 6.42 Å². The van der Waals surface area contributed by atoms with Gasteiger partial charge in [0.1, 0.15) is 11.6 Å². The molecule has 0 aliphatic rings. The SMILES string of the molecule is CCc1ccc(Nc2cc(C)c3c(=O)cc(Nc4ccccc4)n(-c4ccccc4)c3n2)cc1. The number of para-hydroxylation sites is 2. The number of fused-ring (bicyclic) bond motifs is 1. The number of rotatable bonds is 6.